The monoisotopic (exact) mass is 198 g/mol. The molecule has 4 heteroatoms. The molecule has 0 aromatic carbocycles. The number of aromatic nitrogens is 2. The molecule has 0 atom stereocenters. The number of halogens is 1. The zero-order valence-corrected chi connectivity index (χ0v) is 8.03. The van der Waals surface area contributed by atoms with Crippen LogP contribution in [0.4, 0.5) is 4.39 Å². The Balaban J connectivity index is 2.39. The number of nitrogens with one attached hydrogen (secondary N) is 1. The van der Waals surface area contributed by atoms with Gasteiger partial charge in [0.05, 0.1) is 12.0 Å². The van der Waals surface area contributed by atoms with E-state index in [0.29, 0.717) is 11.6 Å². The first kappa shape index (κ1) is 8.81. The van der Waals surface area contributed by atoms with E-state index in [1.165, 1.54) is 19.2 Å². The quantitative estimate of drug-likeness (QED) is 0.703. The second-order valence-corrected chi connectivity index (χ2v) is 3.80. The van der Waals surface area contributed by atoms with Gasteiger partial charge in [-0.1, -0.05) is 25.1 Å². The molecule has 13 heavy (non-hydrogen) atoms. The fraction of sp³-hybridized carbons (Fsp3) is 0.556. The Morgan fingerprint density at radius 1 is 1.46 bits per heavy atom. The Bertz CT molecular complexity index is 355. The van der Waals surface area contributed by atoms with Crippen molar-refractivity contribution in [1.29, 1.82) is 0 Å². The zero-order chi connectivity index (χ0) is 9.26. The number of hydrogen-bond acceptors (Lipinski definition) is 2. The number of nitrogens with zero attached hydrogens (tertiary/aromatic N) is 1. The van der Waals surface area contributed by atoms with Crippen molar-refractivity contribution in [2.75, 3.05) is 0 Å². The highest BCUT2D eigenvalue weighted by molar-refractivity contribution is 7.71. The molecule has 1 saturated carbocycles. The molecule has 2 rings (SSSR count). The van der Waals surface area contributed by atoms with Crippen molar-refractivity contribution in [3.8, 4) is 0 Å². The van der Waals surface area contributed by atoms with Crippen LogP contribution in [0.15, 0.2) is 6.33 Å². The van der Waals surface area contributed by atoms with Gasteiger partial charge in [-0.25, -0.2) is 9.37 Å². The van der Waals surface area contributed by atoms with Crippen molar-refractivity contribution in [3.63, 3.8) is 0 Å². The van der Waals surface area contributed by atoms with E-state index in [0.717, 1.165) is 12.8 Å². The molecule has 0 aliphatic heterocycles. The van der Waals surface area contributed by atoms with E-state index in [1.807, 2.05) is 0 Å². The summed E-state index contributed by atoms with van der Waals surface area (Å²) in [5, 5.41) is 0. The minimum Gasteiger partial charge on any atom is -0.347 e. The van der Waals surface area contributed by atoms with E-state index in [9.17, 15) is 4.39 Å². The fourth-order valence-corrected chi connectivity index (χ4v) is 2.07. The lowest BCUT2D eigenvalue weighted by Crippen LogP contribution is -2.02. The van der Waals surface area contributed by atoms with Gasteiger partial charge >= 0.3 is 0 Å². The topological polar surface area (TPSA) is 28.7 Å². The largest absolute Gasteiger partial charge is 0.347 e. The molecule has 0 bridgehead atoms. The number of aromatic amines is 1. The van der Waals surface area contributed by atoms with Gasteiger partial charge in [0.15, 0.2) is 10.5 Å². The van der Waals surface area contributed by atoms with Gasteiger partial charge in [-0.2, -0.15) is 0 Å². The lowest BCUT2D eigenvalue weighted by atomic mass is 10.0. The normalized spacial score (nSPS) is 17.9. The average molecular weight is 198 g/mol. The lowest BCUT2D eigenvalue weighted by molar-refractivity contribution is 0.552. The summed E-state index contributed by atoms with van der Waals surface area (Å²) in [6, 6.07) is 0. The van der Waals surface area contributed by atoms with Gasteiger partial charge in [-0.05, 0) is 12.8 Å². The van der Waals surface area contributed by atoms with E-state index in [1.54, 1.807) is 0 Å². The van der Waals surface area contributed by atoms with E-state index in [2.05, 4.69) is 9.97 Å². The summed E-state index contributed by atoms with van der Waals surface area (Å²) in [5.41, 5.74) is 0.650. The summed E-state index contributed by atoms with van der Waals surface area (Å²) in [4.78, 5) is 6.56. The summed E-state index contributed by atoms with van der Waals surface area (Å²) < 4.78 is 13.5. The maximum atomic E-state index is 13.5. The van der Waals surface area contributed by atoms with Crippen LogP contribution in [0.5, 0.6) is 0 Å². The van der Waals surface area contributed by atoms with Gasteiger partial charge in [-0.3, -0.25) is 0 Å². The molecule has 0 amide bonds. The van der Waals surface area contributed by atoms with E-state index in [4.69, 9.17) is 12.2 Å². The Labute approximate surface area is 81.2 Å². The smallest absolute Gasteiger partial charge is 0.179 e. The molecule has 0 radical (unpaired) electrons. The zero-order valence-electron chi connectivity index (χ0n) is 7.22. The van der Waals surface area contributed by atoms with Gasteiger partial charge in [0.25, 0.3) is 0 Å². The molecule has 1 fully saturated rings. The molecule has 1 aromatic heterocycles. The van der Waals surface area contributed by atoms with E-state index >= 15 is 0 Å². The molecule has 0 saturated heterocycles. The molecule has 1 aliphatic rings. The van der Waals surface area contributed by atoms with Gasteiger partial charge < -0.3 is 4.98 Å². The van der Waals surface area contributed by atoms with Crippen LogP contribution in [0.3, 0.4) is 0 Å². The lowest BCUT2D eigenvalue weighted by Gasteiger charge is -2.09. The van der Waals surface area contributed by atoms with Gasteiger partial charge in [0, 0.05) is 5.92 Å². The van der Waals surface area contributed by atoms with Crippen LogP contribution in [-0.4, -0.2) is 9.97 Å². The standard InChI is InChI=1S/C9H11FN2S/c10-7-8(6-3-1-2-4-6)11-5-12-9(7)13/h5-6H,1-4H2,(H,11,12,13). The second kappa shape index (κ2) is 3.54. The molecular formula is C9H11FN2S. The Hall–Kier alpha value is -0.770. The molecule has 2 nitrogen and oxygen atoms in total. The SMILES string of the molecule is Fc1c(C2CCCC2)[nH]cnc1=S. The van der Waals surface area contributed by atoms with Crippen LogP contribution >= 0.6 is 12.2 Å². The van der Waals surface area contributed by atoms with Crippen LogP contribution in [0.25, 0.3) is 0 Å². The van der Waals surface area contributed by atoms with E-state index in [-0.39, 0.29) is 10.5 Å². The van der Waals surface area contributed by atoms with Crippen molar-refractivity contribution in [2.24, 2.45) is 0 Å². The van der Waals surface area contributed by atoms with Crippen molar-refractivity contribution in [2.45, 2.75) is 31.6 Å². The molecule has 1 aromatic rings. The van der Waals surface area contributed by atoms with Crippen LogP contribution in [0.1, 0.15) is 37.3 Å². The highest BCUT2D eigenvalue weighted by atomic mass is 32.1. The maximum Gasteiger partial charge on any atom is 0.179 e. The molecular weight excluding hydrogens is 187 g/mol. The van der Waals surface area contributed by atoms with Gasteiger partial charge in [0.1, 0.15) is 0 Å². The number of hydrogen-bond donors (Lipinski definition) is 1. The summed E-state index contributed by atoms with van der Waals surface area (Å²) >= 11 is 4.77. The predicted octanol–water partition coefficient (Wildman–Crippen LogP) is 2.94. The van der Waals surface area contributed by atoms with Gasteiger partial charge in [-0.15, -0.1) is 0 Å². The molecule has 0 unspecified atom stereocenters. The predicted molar refractivity (Wildman–Crippen MR) is 50.6 cm³/mol. The van der Waals surface area contributed by atoms with Gasteiger partial charge in [0.2, 0.25) is 0 Å². The van der Waals surface area contributed by atoms with Crippen LogP contribution in [-0.2, 0) is 0 Å². The third kappa shape index (κ3) is 1.63. The van der Waals surface area contributed by atoms with E-state index < -0.39 is 0 Å². The minimum atomic E-state index is -0.329. The first-order valence-corrected chi connectivity index (χ1v) is 4.93. The molecule has 1 aliphatic carbocycles. The molecule has 1 N–H and O–H groups in total. The number of H-pyrrole nitrogens is 1. The third-order valence-electron chi connectivity index (χ3n) is 2.59. The van der Waals surface area contributed by atoms with Crippen molar-refractivity contribution >= 4 is 12.2 Å². The second-order valence-electron chi connectivity index (χ2n) is 3.42. The summed E-state index contributed by atoms with van der Waals surface area (Å²) in [5.74, 6) is -0.00546. The average Bonchev–Trinajstić information content (AvgIpc) is 2.62. The first-order chi connectivity index (χ1) is 6.29. The highest BCUT2D eigenvalue weighted by Crippen LogP contribution is 2.33. The summed E-state index contributed by atoms with van der Waals surface area (Å²) in [6.07, 6.45) is 5.98. The summed E-state index contributed by atoms with van der Waals surface area (Å²) in [7, 11) is 0. The van der Waals surface area contributed by atoms with Crippen molar-refractivity contribution in [1.82, 2.24) is 9.97 Å². The molecule has 0 spiro atoms. The number of rotatable bonds is 1. The third-order valence-corrected chi connectivity index (χ3v) is 2.87. The van der Waals surface area contributed by atoms with Crippen molar-refractivity contribution in [3.05, 3.63) is 22.5 Å². The van der Waals surface area contributed by atoms with Crippen LogP contribution in [0.2, 0.25) is 0 Å². The first-order valence-electron chi connectivity index (χ1n) is 4.52. The Morgan fingerprint density at radius 2 is 2.15 bits per heavy atom. The Kier molecular flexibility index (Phi) is 2.40. The van der Waals surface area contributed by atoms with Crippen molar-refractivity contribution < 1.29 is 4.39 Å². The van der Waals surface area contributed by atoms with Crippen LogP contribution in [0, 0.1) is 10.5 Å². The van der Waals surface area contributed by atoms with Crippen LogP contribution < -0.4 is 0 Å². The Morgan fingerprint density at radius 3 is 2.85 bits per heavy atom. The molecule has 70 valence electrons. The maximum absolute atomic E-state index is 13.5. The molecule has 1 heterocycles. The minimum absolute atomic E-state index is 0.0839. The highest BCUT2D eigenvalue weighted by Gasteiger charge is 2.21. The summed E-state index contributed by atoms with van der Waals surface area (Å²) in [6.45, 7) is 0. The fourth-order valence-electron chi connectivity index (χ4n) is 1.91.